The highest BCUT2D eigenvalue weighted by Gasteiger charge is 1.97. The fourth-order valence-corrected chi connectivity index (χ4v) is 1.05. The van der Waals surface area contributed by atoms with E-state index in [2.05, 4.69) is 17.2 Å². The molecule has 0 radical (unpaired) electrons. The van der Waals surface area contributed by atoms with E-state index >= 15 is 0 Å². The van der Waals surface area contributed by atoms with E-state index in [0.29, 0.717) is 18.0 Å². The molecule has 0 amide bonds. The molecule has 0 aliphatic heterocycles. The molecule has 14 heavy (non-hydrogen) atoms. The number of ether oxygens (including phenoxy) is 1. The predicted molar refractivity (Wildman–Crippen MR) is 58.2 cm³/mol. The summed E-state index contributed by atoms with van der Waals surface area (Å²) in [6.45, 7) is 0.673. The molecule has 0 aromatic heterocycles. The predicted octanol–water partition coefficient (Wildman–Crippen LogP) is 0.848. The van der Waals surface area contributed by atoms with Crippen molar-refractivity contribution in [2.75, 3.05) is 26.4 Å². The second kappa shape index (κ2) is 5.15. The van der Waals surface area contributed by atoms with Crippen LogP contribution in [-0.4, -0.2) is 20.7 Å². The molecular formula is C11H14N2O. The van der Waals surface area contributed by atoms with E-state index in [9.17, 15) is 0 Å². The van der Waals surface area contributed by atoms with Gasteiger partial charge in [0.25, 0.3) is 0 Å². The van der Waals surface area contributed by atoms with Gasteiger partial charge in [-0.15, -0.1) is 0 Å². The minimum atomic E-state index is 0.615. The third-order valence-electron chi connectivity index (χ3n) is 1.73. The van der Waals surface area contributed by atoms with Crippen molar-refractivity contribution >= 4 is 5.69 Å². The quantitative estimate of drug-likeness (QED) is 0.537. The number of rotatable bonds is 2. The van der Waals surface area contributed by atoms with Gasteiger partial charge in [-0.25, -0.2) is 0 Å². The minimum absolute atomic E-state index is 0.615. The highest BCUT2D eigenvalue weighted by Crippen LogP contribution is 2.21. The number of anilines is 1. The van der Waals surface area contributed by atoms with Crippen LogP contribution in [0.2, 0.25) is 0 Å². The van der Waals surface area contributed by atoms with Crippen LogP contribution in [-0.2, 0) is 0 Å². The number of nitrogens with one attached hydrogen (secondary N) is 1. The Morgan fingerprint density at radius 2 is 2.29 bits per heavy atom. The molecule has 0 saturated carbocycles. The Kier molecular flexibility index (Phi) is 3.84. The zero-order chi connectivity index (χ0) is 10.4. The first-order valence-corrected chi connectivity index (χ1v) is 4.35. The summed E-state index contributed by atoms with van der Waals surface area (Å²) in [6, 6.07) is 5.51. The molecule has 1 rings (SSSR count). The highest BCUT2D eigenvalue weighted by atomic mass is 16.5. The lowest BCUT2D eigenvalue weighted by Gasteiger charge is -2.03. The van der Waals surface area contributed by atoms with Crippen molar-refractivity contribution in [1.29, 1.82) is 0 Å². The van der Waals surface area contributed by atoms with Crippen molar-refractivity contribution < 1.29 is 4.74 Å². The van der Waals surface area contributed by atoms with Crippen LogP contribution >= 0.6 is 0 Å². The van der Waals surface area contributed by atoms with Crippen LogP contribution in [0.5, 0.6) is 5.75 Å². The normalized spacial score (nSPS) is 9.00. The summed E-state index contributed by atoms with van der Waals surface area (Å²) >= 11 is 0. The van der Waals surface area contributed by atoms with E-state index in [1.807, 2.05) is 25.2 Å². The standard InChI is InChI=1S/C11H14N2O/c1-13-7-3-4-9-5-6-11(14-2)10(12)8-9/h5-6,8,13H,7,12H2,1-2H3. The summed E-state index contributed by atoms with van der Waals surface area (Å²) in [5.74, 6) is 6.63. The van der Waals surface area contributed by atoms with Crippen LogP contribution in [0.1, 0.15) is 5.56 Å². The largest absolute Gasteiger partial charge is 0.495 e. The summed E-state index contributed by atoms with van der Waals surface area (Å²) in [6.07, 6.45) is 0. The first kappa shape index (κ1) is 10.4. The van der Waals surface area contributed by atoms with Crippen LogP contribution in [0, 0.1) is 11.8 Å². The van der Waals surface area contributed by atoms with Gasteiger partial charge < -0.3 is 15.8 Å². The Morgan fingerprint density at radius 1 is 1.50 bits per heavy atom. The van der Waals surface area contributed by atoms with Crippen molar-refractivity contribution in [2.24, 2.45) is 0 Å². The van der Waals surface area contributed by atoms with Gasteiger partial charge in [0, 0.05) is 5.56 Å². The third-order valence-corrected chi connectivity index (χ3v) is 1.73. The summed E-state index contributed by atoms with van der Waals surface area (Å²) in [7, 11) is 3.45. The Labute approximate surface area is 84.3 Å². The second-order valence-electron chi connectivity index (χ2n) is 2.79. The van der Waals surface area contributed by atoms with Crippen molar-refractivity contribution in [2.45, 2.75) is 0 Å². The zero-order valence-corrected chi connectivity index (χ0v) is 8.42. The van der Waals surface area contributed by atoms with Gasteiger partial charge in [0.2, 0.25) is 0 Å². The van der Waals surface area contributed by atoms with E-state index in [1.54, 1.807) is 7.11 Å². The molecule has 0 aliphatic rings. The molecule has 3 heteroatoms. The van der Waals surface area contributed by atoms with Gasteiger partial charge in [-0.3, -0.25) is 0 Å². The Hall–Kier alpha value is -1.66. The third kappa shape index (κ3) is 2.68. The highest BCUT2D eigenvalue weighted by molar-refractivity contribution is 5.57. The average Bonchev–Trinajstić information content (AvgIpc) is 2.18. The van der Waals surface area contributed by atoms with Gasteiger partial charge in [-0.05, 0) is 25.2 Å². The summed E-state index contributed by atoms with van der Waals surface area (Å²) < 4.78 is 5.04. The lowest BCUT2D eigenvalue weighted by molar-refractivity contribution is 0.417. The van der Waals surface area contributed by atoms with Crippen molar-refractivity contribution in [3.63, 3.8) is 0 Å². The van der Waals surface area contributed by atoms with E-state index in [4.69, 9.17) is 10.5 Å². The number of nitrogens with two attached hydrogens (primary N) is 1. The lowest BCUT2D eigenvalue weighted by Crippen LogP contribution is -2.04. The van der Waals surface area contributed by atoms with Crippen LogP contribution < -0.4 is 15.8 Å². The van der Waals surface area contributed by atoms with E-state index in [1.165, 1.54) is 0 Å². The molecule has 0 bridgehead atoms. The molecule has 74 valence electrons. The Balaban J connectivity index is 2.82. The first-order valence-electron chi connectivity index (χ1n) is 4.35. The summed E-state index contributed by atoms with van der Waals surface area (Å²) in [4.78, 5) is 0. The Bertz CT molecular complexity index is 363. The average molecular weight is 190 g/mol. The van der Waals surface area contributed by atoms with Crippen LogP contribution in [0.4, 0.5) is 5.69 Å². The van der Waals surface area contributed by atoms with Crippen LogP contribution in [0.25, 0.3) is 0 Å². The van der Waals surface area contributed by atoms with Gasteiger partial charge in [0.15, 0.2) is 0 Å². The number of hydrogen-bond donors (Lipinski definition) is 2. The Morgan fingerprint density at radius 3 is 2.86 bits per heavy atom. The maximum Gasteiger partial charge on any atom is 0.141 e. The molecular weight excluding hydrogens is 176 g/mol. The topological polar surface area (TPSA) is 47.3 Å². The second-order valence-corrected chi connectivity index (χ2v) is 2.79. The summed E-state index contributed by atoms with van der Waals surface area (Å²) in [5, 5.41) is 2.95. The molecule has 0 spiro atoms. The smallest absolute Gasteiger partial charge is 0.141 e. The van der Waals surface area contributed by atoms with Crippen LogP contribution in [0.15, 0.2) is 18.2 Å². The fourth-order valence-electron chi connectivity index (χ4n) is 1.05. The molecule has 0 unspecified atom stereocenters. The summed E-state index contributed by atoms with van der Waals surface area (Å²) in [5.41, 5.74) is 7.24. The maximum atomic E-state index is 5.73. The van der Waals surface area contributed by atoms with Crippen molar-refractivity contribution in [3.05, 3.63) is 23.8 Å². The van der Waals surface area contributed by atoms with Crippen molar-refractivity contribution in [3.8, 4) is 17.6 Å². The van der Waals surface area contributed by atoms with Gasteiger partial charge >= 0.3 is 0 Å². The maximum absolute atomic E-state index is 5.73. The number of nitrogen functional groups attached to an aromatic ring is 1. The SMILES string of the molecule is CNCC#Cc1ccc(OC)c(N)c1. The zero-order valence-electron chi connectivity index (χ0n) is 8.42. The van der Waals surface area contributed by atoms with E-state index in [-0.39, 0.29) is 0 Å². The van der Waals surface area contributed by atoms with Gasteiger partial charge in [0.1, 0.15) is 5.75 Å². The van der Waals surface area contributed by atoms with Crippen molar-refractivity contribution in [1.82, 2.24) is 5.32 Å². The van der Waals surface area contributed by atoms with E-state index < -0.39 is 0 Å². The fraction of sp³-hybridized carbons (Fsp3) is 0.273. The molecule has 1 aromatic rings. The number of hydrogen-bond acceptors (Lipinski definition) is 3. The minimum Gasteiger partial charge on any atom is -0.495 e. The molecule has 0 atom stereocenters. The van der Waals surface area contributed by atoms with Crippen LogP contribution in [0.3, 0.4) is 0 Å². The number of methoxy groups -OCH3 is 1. The molecule has 3 nitrogen and oxygen atoms in total. The van der Waals surface area contributed by atoms with Gasteiger partial charge in [-0.1, -0.05) is 11.8 Å². The molecule has 0 saturated heterocycles. The molecule has 0 heterocycles. The monoisotopic (exact) mass is 190 g/mol. The van der Waals surface area contributed by atoms with Gasteiger partial charge in [-0.2, -0.15) is 0 Å². The van der Waals surface area contributed by atoms with Gasteiger partial charge in [0.05, 0.1) is 19.3 Å². The van der Waals surface area contributed by atoms with E-state index in [0.717, 1.165) is 5.56 Å². The molecule has 3 N–H and O–H groups in total. The molecule has 0 fully saturated rings. The lowest BCUT2D eigenvalue weighted by atomic mass is 10.2. The molecule has 1 aromatic carbocycles. The first-order chi connectivity index (χ1) is 6.77. The molecule has 0 aliphatic carbocycles. The number of benzene rings is 1.